The van der Waals surface area contributed by atoms with Gasteiger partial charge in [0.2, 0.25) is 11.8 Å². The third kappa shape index (κ3) is 3.89. The molecule has 0 unspecified atom stereocenters. The summed E-state index contributed by atoms with van der Waals surface area (Å²) < 4.78 is 5.38. The number of rotatable bonds is 4. The predicted octanol–water partition coefficient (Wildman–Crippen LogP) is 2.03. The molecule has 1 aliphatic heterocycles. The minimum absolute atomic E-state index is 0.00257. The molecular formula is C16H19ClN4O2. The van der Waals surface area contributed by atoms with Crippen molar-refractivity contribution in [1.29, 1.82) is 0 Å². The van der Waals surface area contributed by atoms with Gasteiger partial charge in [-0.1, -0.05) is 23.7 Å². The highest BCUT2D eigenvalue weighted by Gasteiger charge is 2.23. The van der Waals surface area contributed by atoms with Crippen molar-refractivity contribution in [3.63, 3.8) is 0 Å². The number of carbonyl (C=O) groups is 1. The molecule has 1 aromatic heterocycles. The first-order valence-electron chi connectivity index (χ1n) is 7.68. The highest BCUT2D eigenvalue weighted by atomic mass is 35.5. The lowest BCUT2D eigenvalue weighted by atomic mass is 10.2. The average molecular weight is 335 g/mol. The van der Waals surface area contributed by atoms with E-state index < -0.39 is 0 Å². The van der Waals surface area contributed by atoms with Crippen LogP contribution in [0.25, 0.3) is 0 Å². The lowest BCUT2D eigenvalue weighted by Gasteiger charge is -2.34. The Balaban J connectivity index is 1.50. The van der Waals surface area contributed by atoms with Crippen LogP contribution in [0.3, 0.4) is 0 Å². The Hall–Kier alpha value is -1.92. The smallest absolute Gasteiger partial charge is 0.255 e. The Bertz CT molecular complexity index is 680. The van der Waals surface area contributed by atoms with E-state index in [1.54, 1.807) is 19.1 Å². The number of halogens is 1. The van der Waals surface area contributed by atoms with E-state index in [1.807, 2.05) is 17.0 Å². The van der Waals surface area contributed by atoms with Gasteiger partial charge in [0.15, 0.2) is 0 Å². The van der Waals surface area contributed by atoms with Crippen molar-refractivity contribution in [3.8, 4) is 0 Å². The molecule has 2 aromatic rings. The van der Waals surface area contributed by atoms with Crippen LogP contribution in [0.5, 0.6) is 0 Å². The zero-order valence-electron chi connectivity index (χ0n) is 13.0. The molecule has 122 valence electrons. The second kappa shape index (κ2) is 7.10. The molecule has 0 N–H and O–H groups in total. The van der Waals surface area contributed by atoms with Crippen LogP contribution in [0.4, 0.5) is 0 Å². The van der Waals surface area contributed by atoms with Gasteiger partial charge >= 0.3 is 0 Å². The average Bonchev–Trinajstić information content (AvgIpc) is 2.99. The van der Waals surface area contributed by atoms with Crippen molar-refractivity contribution < 1.29 is 9.21 Å². The second-order valence-corrected chi connectivity index (χ2v) is 5.99. The number of carbonyl (C=O) groups excluding carboxylic acids is 1. The van der Waals surface area contributed by atoms with Crippen LogP contribution in [0.15, 0.2) is 28.7 Å². The number of amides is 1. The lowest BCUT2D eigenvalue weighted by molar-refractivity contribution is 0.0636. The molecular weight excluding hydrogens is 316 g/mol. The van der Waals surface area contributed by atoms with Crippen LogP contribution in [0, 0.1) is 6.92 Å². The van der Waals surface area contributed by atoms with Crippen molar-refractivity contribution in [2.75, 3.05) is 32.7 Å². The van der Waals surface area contributed by atoms with Crippen LogP contribution in [0.1, 0.15) is 22.1 Å². The van der Waals surface area contributed by atoms with E-state index in [2.05, 4.69) is 15.1 Å². The van der Waals surface area contributed by atoms with E-state index in [4.69, 9.17) is 16.0 Å². The predicted molar refractivity (Wildman–Crippen MR) is 86.5 cm³/mol. The molecule has 3 rings (SSSR count). The van der Waals surface area contributed by atoms with Gasteiger partial charge in [-0.15, -0.1) is 10.2 Å². The van der Waals surface area contributed by atoms with Crippen molar-refractivity contribution in [1.82, 2.24) is 20.0 Å². The number of benzene rings is 1. The van der Waals surface area contributed by atoms with Gasteiger partial charge in [-0.3, -0.25) is 9.69 Å². The number of hydrogen-bond acceptors (Lipinski definition) is 5. The molecule has 0 radical (unpaired) electrons. The zero-order valence-corrected chi connectivity index (χ0v) is 13.8. The molecule has 1 amide bonds. The lowest BCUT2D eigenvalue weighted by Crippen LogP contribution is -2.49. The number of aryl methyl sites for hydroxylation is 1. The summed E-state index contributed by atoms with van der Waals surface area (Å²) >= 11 is 6.11. The minimum atomic E-state index is 0.00257. The fourth-order valence-corrected chi connectivity index (χ4v) is 2.89. The maximum absolute atomic E-state index is 12.5. The SMILES string of the molecule is Cc1nnc(CCN2CCN(C(=O)c3ccccc3Cl)CC2)o1. The van der Waals surface area contributed by atoms with Gasteiger partial charge in [-0.2, -0.15) is 0 Å². The van der Waals surface area contributed by atoms with Gasteiger partial charge < -0.3 is 9.32 Å². The van der Waals surface area contributed by atoms with Gasteiger partial charge in [0, 0.05) is 46.1 Å². The summed E-state index contributed by atoms with van der Waals surface area (Å²) in [5.74, 6) is 1.26. The summed E-state index contributed by atoms with van der Waals surface area (Å²) in [7, 11) is 0. The van der Waals surface area contributed by atoms with E-state index in [0.29, 0.717) is 35.5 Å². The van der Waals surface area contributed by atoms with Gasteiger partial charge in [-0.25, -0.2) is 0 Å². The molecule has 0 atom stereocenters. The summed E-state index contributed by atoms with van der Waals surface area (Å²) in [6, 6.07) is 7.18. The molecule has 0 bridgehead atoms. The van der Waals surface area contributed by atoms with Crippen LogP contribution >= 0.6 is 11.6 Å². The first-order chi connectivity index (χ1) is 11.1. The number of nitrogens with zero attached hydrogens (tertiary/aromatic N) is 4. The quantitative estimate of drug-likeness (QED) is 0.856. The molecule has 1 aliphatic rings. The molecule has 1 saturated heterocycles. The topological polar surface area (TPSA) is 62.5 Å². The van der Waals surface area contributed by atoms with Crippen LogP contribution in [0.2, 0.25) is 5.02 Å². The van der Waals surface area contributed by atoms with E-state index in [1.165, 1.54) is 0 Å². The van der Waals surface area contributed by atoms with Crippen LogP contribution in [-0.4, -0.2) is 58.6 Å². The first-order valence-corrected chi connectivity index (χ1v) is 8.06. The van der Waals surface area contributed by atoms with E-state index >= 15 is 0 Å². The monoisotopic (exact) mass is 334 g/mol. The first kappa shape index (κ1) is 16.0. The highest BCUT2D eigenvalue weighted by Crippen LogP contribution is 2.18. The minimum Gasteiger partial charge on any atom is -0.426 e. The Morgan fingerprint density at radius 2 is 1.96 bits per heavy atom. The van der Waals surface area contributed by atoms with E-state index in [0.717, 1.165) is 26.1 Å². The van der Waals surface area contributed by atoms with Gasteiger partial charge in [0.05, 0.1) is 10.6 Å². The van der Waals surface area contributed by atoms with Gasteiger partial charge in [0.1, 0.15) is 0 Å². The fourth-order valence-electron chi connectivity index (χ4n) is 2.67. The van der Waals surface area contributed by atoms with Crippen molar-refractivity contribution in [3.05, 3.63) is 46.6 Å². The second-order valence-electron chi connectivity index (χ2n) is 5.58. The summed E-state index contributed by atoms with van der Waals surface area (Å²) in [6.45, 7) is 5.72. The zero-order chi connectivity index (χ0) is 16.2. The normalized spacial score (nSPS) is 15.8. The third-order valence-corrected chi connectivity index (χ3v) is 4.30. The van der Waals surface area contributed by atoms with E-state index in [-0.39, 0.29) is 5.91 Å². The standard InChI is InChI=1S/C16H19ClN4O2/c1-12-18-19-15(23-12)6-7-20-8-10-21(11-9-20)16(22)13-4-2-3-5-14(13)17/h2-5H,6-11H2,1H3. The highest BCUT2D eigenvalue weighted by molar-refractivity contribution is 6.33. The largest absolute Gasteiger partial charge is 0.426 e. The Morgan fingerprint density at radius 3 is 2.61 bits per heavy atom. The van der Waals surface area contributed by atoms with Gasteiger partial charge in [0.25, 0.3) is 5.91 Å². The van der Waals surface area contributed by atoms with Crippen LogP contribution in [-0.2, 0) is 6.42 Å². The summed E-state index contributed by atoms with van der Waals surface area (Å²) in [6.07, 6.45) is 0.735. The molecule has 2 heterocycles. The maximum Gasteiger partial charge on any atom is 0.255 e. The van der Waals surface area contributed by atoms with Crippen molar-refractivity contribution in [2.24, 2.45) is 0 Å². The number of hydrogen-bond donors (Lipinski definition) is 0. The molecule has 0 saturated carbocycles. The fraction of sp³-hybridized carbons (Fsp3) is 0.438. The maximum atomic E-state index is 12.5. The van der Waals surface area contributed by atoms with Crippen LogP contribution < -0.4 is 0 Å². The molecule has 1 fully saturated rings. The third-order valence-electron chi connectivity index (χ3n) is 3.97. The molecule has 0 aliphatic carbocycles. The summed E-state index contributed by atoms with van der Waals surface area (Å²) in [4.78, 5) is 16.7. The van der Waals surface area contributed by atoms with Crippen molar-refractivity contribution >= 4 is 17.5 Å². The Labute approximate surface area is 140 Å². The number of piperazine rings is 1. The summed E-state index contributed by atoms with van der Waals surface area (Å²) in [5, 5.41) is 8.33. The molecule has 7 heteroatoms. The molecule has 1 aromatic carbocycles. The Morgan fingerprint density at radius 1 is 1.22 bits per heavy atom. The molecule has 0 spiro atoms. The molecule has 23 heavy (non-hydrogen) atoms. The Kier molecular flexibility index (Phi) is 4.93. The number of aromatic nitrogens is 2. The summed E-state index contributed by atoms with van der Waals surface area (Å²) in [5.41, 5.74) is 0.573. The van der Waals surface area contributed by atoms with Crippen molar-refractivity contribution in [2.45, 2.75) is 13.3 Å². The van der Waals surface area contributed by atoms with Gasteiger partial charge in [-0.05, 0) is 12.1 Å². The molecule has 6 nitrogen and oxygen atoms in total. The van der Waals surface area contributed by atoms with E-state index in [9.17, 15) is 4.79 Å².